The first-order valence-electron chi connectivity index (χ1n) is 6.34. The van der Waals surface area contributed by atoms with Crippen LogP contribution in [0.25, 0.3) is 0 Å². The Bertz CT molecular complexity index is 317. The molecule has 0 spiro atoms. The molecule has 0 heteroatoms. The van der Waals surface area contributed by atoms with E-state index in [9.17, 15) is 0 Å². The van der Waals surface area contributed by atoms with E-state index in [1.807, 2.05) is 0 Å². The van der Waals surface area contributed by atoms with Crippen molar-refractivity contribution in [3.8, 4) is 0 Å². The Kier molecular flexibility index (Phi) is 3.45. The van der Waals surface area contributed by atoms with Gasteiger partial charge < -0.3 is 0 Å². The van der Waals surface area contributed by atoms with Crippen LogP contribution in [-0.2, 0) is 0 Å². The van der Waals surface area contributed by atoms with E-state index in [1.165, 1.54) is 49.7 Å². The van der Waals surface area contributed by atoms with Crippen LogP contribution in [0.2, 0.25) is 0 Å². The average Bonchev–Trinajstić information content (AvgIpc) is 2.50. The summed E-state index contributed by atoms with van der Waals surface area (Å²) in [5, 5.41) is 0. The van der Waals surface area contributed by atoms with Crippen LogP contribution in [-0.4, -0.2) is 0 Å². The van der Waals surface area contributed by atoms with Crippen molar-refractivity contribution in [2.75, 3.05) is 0 Å². The normalized spacial score (nSPS) is 18.8. The fourth-order valence-electron chi connectivity index (χ4n) is 2.79. The lowest BCUT2D eigenvalue weighted by molar-refractivity contribution is 0.589. The van der Waals surface area contributed by atoms with Crippen molar-refractivity contribution < 1.29 is 0 Å². The predicted octanol–water partition coefficient (Wildman–Crippen LogP) is 4.74. The molecule has 0 unspecified atom stereocenters. The third kappa shape index (κ3) is 2.62. The number of aryl methyl sites for hydroxylation is 2. The van der Waals surface area contributed by atoms with Crippen molar-refractivity contribution in [1.82, 2.24) is 0 Å². The largest absolute Gasteiger partial charge is 0.0590 e. The zero-order chi connectivity index (χ0) is 10.7. The van der Waals surface area contributed by atoms with Gasteiger partial charge in [-0.15, -0.1) is 0 Å². The first-order chi connectivity index (χ1) is 7.27. The minimum atomic E-state index is 0.840. The van der Waals surface area contributed by atoms with Gasteiger partial charge in [0.1, 0.15) is 0 Å². The highest BCUT2D eigenvalue weighted by atomic mass is 14.2. The maximum absolute atomic E-state index is 2.41. The Labute approximate surface area is 93.7 Å². The topological polar surface area (TPSA) is 0 Å². The second-order valence-electron chi connectivity index (χ2n) is 5.05. The molecular formula is C15H22. The highest BCUT2D eigenvalue weighted by molar-refractivity contribution is 5.33. The number of rotatable bonds is 1. The summed E-state index contributed by atoms with van der Waals surface area (Å²) < 4.78 is 0. The van der Waals surface area contributed by atoms with Crippen molar-refractivity contribution in [2.45, 2.75) is 58.3 Å². The number of hydrogen-bond donors (Lipinski definition) is 0. The lowest BCUT2D eigenvalue weighted by atomic mass is 9.88. The van der Waals surface area contributed by atoms with Gasteiger partial charge in [0.05, 0.1) is 0 Å². The molecule has 2 rings (SSSR count). The summed E-state index contributed by atoms with van der Waals surface area (Å²) in [6.07, 6.45) is 8.56. The minimum Gasteiger partial charge on any atom is -0.0590 e. The molecule has 0 aliphatic heterocycles. The van der Waals surface area contributed by atoms with E-state index in [0.29, 0.717) is 0 Å². The lowest BCUT2D eigenvalue weighted by Crippen LogP contribution is -2.00. The van der Waals surface area contributed by atoms with Crippen molar-refractivity contribution in [3.05, 3.63) is 34.9 Å². The summed E-state index contributed by atoms with van der Waals surface area (Å²) in [4.78, 5) is 0. The van der Waals surface area contributed by atoms with Crippen molar-refractivity contribution in [1.29, 1.82) is 0 Å². The predicted molar refractivity (Wildman–Crippen MR) is 66.4 cm³/mol. The molecule has 1 aliphatic carbocycles. The molecule has 0 amide bonds. The van der Waals surface area contributed by atoms with Gasteiger partial charge in [0, 0.05) is 0 Å². The Balaban J connectivity index is 2.22. The summed E-state index contributed by atoms with van der Waals surface area (Å²) >= 11 is 0. The van der Waals surface area contributed by atoms with Crippen LogP contribution in [0, 0.1) is 13.8 Å². The van der Waals surface area contributed by atoms with E-state index in [-0.39, 0.29) is 0 Å². The Morgan fingerprint density at radius 2 is 1.60 bits per heavy atom. The molecule has 0 saturated heterocycles. The van der Waals surface area contributed by atoms with E-state index in [1.54, 1.807) is 5.56 Å². The molecule has 0 bridgehead atoms. The molecule has 0 atom stereocenters. The van der Waals surface area contributed by atoms with E-state index >= 15 is 0 Å². The van der Waals surface area contributed by atoms with Gasteiger partial charge in [0.15, 0.2) is 0 Å². The molecule has 0 radical (unpaired) electrons. The van der Waals surface area contributed by atoms with Gasteiger partial charge in [-0.3, -0.25) is 0 Å². The van der Waals surface area contributed by atoms with Crippen LogP contribution < -0.4 is 0 Å². The highest BCUT2D eigenvalue weighted by Crippen LogP contribution is 2.33. The second-order valence-corrected chi connectivity index (χ2v) is 5.05. The fourth-order valence-corrected chi connectivity index (χ4v) is 2.79. The van der Waals surface area contributed by atoms with Crippen LogP contribution in [0.5, 0.6) is 0 Å². The summed E-state index contributed by atoms with van der Waals surface area (Å²) in [6, 6.07) is 6.93. The highest BCUT2D eigenvalue weighted by Gasteiger charge is 2.15. The summed E-state index contributed by atoms with van der Waals surface area (Å²) in [7, 11) is 0. The zero-order valence-electron chi connectivity index (χ0n) is 10.1. The Hall–Kier alpha value is -0.780. The zero-order valence-corrected chi connectivity index (χ0v) is 10.1. The Morgan fingerprint density at radius 3 is 2.27 bits per heavy atom. The molecule has 15 heavy (non-hydrogen) atoms. The average molecular weight is 202 g/mol. The van der Waals surface area contributed by atoms with Gasteiger partial charge in [-0.2, -0.15) is 0 Å². The first kappa shape index (κ1) is 10.7. The summed E-state index contributed by atoms with van der Waals surface area (Å²) in [6.45, 7) is 4.47. The van der Waals surface area contributed by atoms with Crippen molar-refractivity contribution in [3.63, 3.8) is 0 Å². The quantitative estimate of drug-likeness (QED) is 0.577. The van der Waals surface area contributed by atoms with Crippen LogP contribution in [0.1, 0.15) is 61.1 Å². The van der Waals surface area contributed by atoms with Gasteiger partial charge in [0.2, 0.25) is 0 Å². The van der Waals surface area contributed by atoms with Gasteiger partial charge in [0.25, 0.3) is 0 Å². The monoisotopic (exact) mass is 202 g/mol. The van der Waals surface area contributed by atoms with E-state index in [0.717, 1.165) is 5.92 Å². The standard InChI is InChI=1S/C15H22/c1-12-9-10-13(2)15(11-12)14-7-5-3-4-6-8-14/h9-11,14H,3-8H2,1-2H3. The molecule has 1 aliphatic rings. The van der Waals surface area contributed by atoms with E-state index < -0.39 is 0 Å². The summed E-state index contributed by atoms with van der Waals surface area (Å²) in [5.74, 6) is 0.840. The summed E-state index contributed by atoms with van der Waals surface area (Å²) in [5.41, 5.74) is 4.53. The van der Waals surface area contributed by atoms with Gasteiger partial charge in [-0.05, 0) is 43.7 Å². The lowest BCUT2D eigenvalue weighted by Gasteiger charge is -2.17. The molecule has 0 aromatic heterocycles. The first-order valence-corrected chi connectivity index (χ1v) is 6.34. The molecule has 82 valence electrons. The van der Waals surface area contributed by atoms with Gasteiger partial charge in [-0.25, -0.2) is 0 Å². The molecule has 1 fully saturated rings. The Morgan fingerprint density at radius 1 is 0.933 bits per heavy atom. The molecule has 0 nitrogen and oxygen atoms in total. The van der Waals surface area contributed by atoms with Crippen LogP contribution >= 0.6 is 0 Å². The molecule has 1 aromatic carbocycles. The molecule has 1 aromatic rings. The van der Waals surface area contributed by atoms with E-state index in [4.69, 9.17) is 0 Å². The van der Waals surface area contributed by atoms with Gasteiger partial charge in [-0.1, -0.05) is 49.4 Å². The van der Waals surface area contributed by atoms with Crippen LogP contribution in [0.3, 0.4) is 0 Å². The third-order valence-corrected chi connectivity index (χ3v) is 3.73. The maximum Gasteiger partial charge on any atom is -0.0159 e. The van der Waals surface area contributed by atoms with Crippen LogP contribution in [0.15, 0.2) is 18.2 Å². The van der Waals surface area contributed by atoms with Crippen molar-refractivity contribution in [2.24, 2.45) is 0 Å². The fraction of sp³-hybridized carbons (Fsp3) is 0.600. The molecular weight excluding hydrogens is 180 g/mol. The smallest absolute Gasteiger partial charge is 0.0159 e. The molecule has 0 heterocycles. The minimum absolute atomic E-state index is 0.840. The SMILES string of the molecule is Cc1ccc(C)c(C2CCCCCC2)c1. The van der Waals surface area contributed by atoms with Crippen molar-refractivity contribution >= 4 is 0 Å². The number of benzene rings is 1. The molecule has 1 saturated carbocycles. The maximum atomic E-state index is 2.41. The molecule has 0 N–H and O–H groups in total. The third-order valence-electron chi connectivity index (χ3n) is 3.73. The van der Waals surface area contributed by atoms with E-state index in [2.05, 4.69) is 32.0 Å². The second kappa shape index (κ2) is 4.83. The van der Waals surface area contributed by atoms with Gasteiger partial charge >= 0.3 is 0 Å². The number of hydrogen-bond acceptors (Lipinski definition) is 0. The van der Waals surface area contributed by atoms with Crippen LogP contribution in [0.4, 0.5) is 0 Å².